The van der Waals surface area contributed by atoms with Crippen LogP contribution >= 0.6 is 24.4 Å². The molecule has 3 aromatic carbocycles. The third-order valence-corrected chi connectivity index (χ3v) is 7.94. The minimum Gasteiger partial charge on any atom is -0.493 e. The summed E-state index contributed by atoms with van der Waals surface area (Å²) in [4.78, 5) is 13.3. The molecule has 0 spiro atoms. The van der Waals surface area contributed by atoms with Gasteiger partial charge in [-0.05, 0) is 61.2 Å². The second-order valence-electron chi connectivity index (χ2n) is 9.59. The van der Waals surface area contributed by atoms with Crippen molar-refractivity contribution < 1.29 is 19.0 Å². The van der Waals surface area contributed by atoms with Gasteiger partial charge in [-0.1, -0.05) is 24.3 Å². The molecule has 6 nitrogen and oxygen atoms in total. The number of hydrogen-bond donors (Lipinski definition) is 2. The number of aryl methyl sites for hydroxylation is 4. The first-order valence-electron chi connectivity index (χ1n) is 12.6. The lowest BCUT2D eigenvalue weighted by Gasteiger charge is -2.11. The average Bonchev–Trinajstić information content (AvgIpc) is 3.33. The lowest BCUT2D eigenvalue weighted by atomic mass is 9.98. The molecule has 5 aromatic rings. The maximum Gasteiger partial charge on any atom is 0.352 e. The van der Waals surface area contributed by atoms with Crippen molar-refractivity contribution in [2.24, 2.45) is 14.1 Å². The Morgan fingerprint density at radius 3 is 2.64 bits per heavy atom. The zero-order valence-electron chi connectivity index (χ0n) is 22.3. The molecule has 0 amide bonds. The highest BCUT2D eigenvalue weighted by Crippen LogP contribution is 2.40. The Balaban J connectivity index is 1.53. The van der Waals surface area contributed by atoms with Gasteiger partial charge >= 0.3 is 5.97 Å². The number of halogens is 1. The van der Waals surface area contributed by atoms with Gasteiger partial charge in [-0.3, -0.25) is 4.68 Å². The van der Waals surface area contributed by atoms with Crippen LogP contribution in [0.2, 0.25) is 0 Å². The predicted molar refractivity (Wildman–Crippen MR) is 159 cm³/mol. The standard InChI is InChI=1S/C30H30FN3O3S2/c1-17-26(24(16-39-4)34(3)32-17)27-23(31)12-11-22-21(29(30(35)36)33(2)28(22)27)10-7-13-37-25-15-19(38)14-18-8-5-6-9-20(18)25/h5-6,8-9,11-12,14-15,38H,7,10,13,16H2,1-4H3,(H,35,36). The minimum absolute atomic E-state index is 0.160. The van der Waals surface area contributed by atoms with Gasteiger partial charge < -0.3 is 14.4 Å². The van der Waals surface area contributed by atoms with Gasteiger partial charge in [0.1, 0.15) is 17.3 Å². The molecule has 2 heterocycles. The Kier molecular flexibility index (Phi) is 7.64. The summed E-state index contributed by atoms with van der Waals surface area (Å²) in [6.45, 7) is 2.25. The number of nitrogens with zero attached hydrogens (tertiary/aromatic N) is 3. The van der Waals surface area contributed by atoms with Crippen molar-refractivity contribution in [3.63, 3.8) is 0 Å². The molecule has 5 rings (SSSR count). The van der Waals surface area contributed by atoms with Crippen LogP contribution in [0.15, 0.2) is 53.4 Å². The first-order chi connectivity index (χ1) is 18.7. The van der Waals surface area contributed by atoms with Gasteiger partial charge in [0.2, 0.25) is 0 Å². The van der Waals surface area contributed by atoms with Crippen molar-refractivity contribution in [1.82, 2.24) is 14.3 Å². The van der Waals surface area contributed by atoms with Crippen LogP contribution in [0.4, 0.5) is 4.39 Å². The van der Waals surface area contributed by atoms with Crippen molar-refractivity contribution in [1.29, 1.82) is 0 Å². The SMILES string of the molecule is CSCc1c(-c2c(F)ccc3c(CCCOc4cc(S)cc5ccccc45)c(C(=O)O)n(C)c23)c(C)nn1C. The summed E-state index contributed by atoms with van der Waals surface area (Å²) < 4.78 is 25.1. The Hall–Kier alpha value is -3.43. The number of carbonyl (C=O) groups is 1. The largest absolute Gasteiger partial charge is 0.493 e. The molecule has 1 N–H and O–H groups in total. The van der Waals surface area contributed by atoms with Gasteiger partial charge in [-0.15, -0.1) is 12.6 Å². The maximum atomic E-state index is 15.6. The number of thiol groups is 1. The molecule has 202 valence electrons. The Labute approximate surface area is 236 Å². The van der Waals surface area contributed by atoms with Gasteiger partial charge in [0.25, 0.3) is 0 Å². The number of carboxylic acid groups (broad SMARTS) is 1. The summed E-state index contributed by atoms with van der Waals surface area (Å²) in [6, 6.07) is 15.0. The summed E-state index contributed by atoms with van der Waals surface area (Å²) in [5.74, 6) is -0.0403. The molecule has 0 atom stereocenters. The number of fused-ring (bicyclic) bond motifs is 2. The number of carboxylic acids is 1. The summed E-state index contributed by atoms with van der Waals surface area (Å²) >= 11 is 6.13. The average molecular weight is 564 g/mol. The number of aromatic nitrogens is 3. The molecule has 0 radical (unpaired) electrons. The molecule has 0 fully saturated rings. The van der Waals surface area contributed by atoms with E-state index in [1.54, 1.807) is 34.1 Å². The molecule has 39 heavy (non-hydrogen) atoms. The molecule has 2 aromatic heterocycles. The van der Waals surface area contributed by atoms with Crippen LogP contribution in [0.3, 0.4) is 0 Å². The van der Waals surface area contributed by atoms with Crippen LogP contribution < -0.4 is 4.74 Å². The van der Waals surface area contributed by atoms with Crippen molar-refractivity contribution >= 4 is 52.0 Å². The number of hydrogen-bond acceptors (Lipinski definition) is 5. The fraction of sp³-hybridized carbons (Fsp3) is 0.267. The lowest BCUT2D eigenvalue weighted by molar-refractivity contribution is 0.0685. The van der Waals surface area contributed by atoms with Crippen molar-refractivity contribution in [3.05, 3.63) is 77.0 Å². The quantitative estimate of drug-likeness (QED) is 0.149. The molecule has 0 saturated heterocycles. The van der Waals surface area contributed by atoms with Gasteiger partial charge in [0.15, 0.2) is 0 Å². The number of rotatable bonds is 9. The monoisotopic (exact) mass is 563 g/mol. The zero-order chi connectivity index (χ0) is 27.8. The van der Waals surface area contributed by atoms with E-state index in [1.807, 2.05) is 56.6 Å². The molecular weight excluding hydrogens is 533 g/mol. The second kappa shape index (κ2) is 11.0. The lowest BCUT2D eigenvalue weighted by Crippen LogP contribution is -2.09. The van der Waals surface area contributed by atoms with E-state index in [0.717, 1.165) is 38.1 Å². The number of aromatic carboxylic acids is 1. The van der Waals surface area contributed by atoms with E-state index in [9.17, 15) is 9.90 Å². The van der Waals surface area contributed by atoms with E-state index in [1.165, 1.54) is 6.07 Å². The molecule has 0 aliphatic rings. The molecular formula is C30H30FN3O3S2. The van der Waals surface area contributed by atoms with Gasteiger partial charge in [0.05, 0.1) is 23.5 Å². The highest BCUT2D eigenvalue weighted by atomic mass is 32.2. The highest BCUT2D eigenvalue weighted by molar-refractivity contribution is 7.97. The molecule has 9 heteroatoms. The maximum absolute atomic E-state index is 15.6. The van der Waals surface area contributed by atoms with Crippen LogP contribution in [-0.4, -0.2) is 38.3 Å². The van der Waals surface area contributed by atoms with Gasteiger partial charge in [-0.25, -0.2) is 9.18 Å². The van der Waals surface area contributed by atoms with Crippen LogP contribution in [0.5, 0.6) is 5.75 Å². The fourth-order valence-corrected chi connectivity index (χ4v) is 6.37. The first kappa shape index (κ1) is 27.1. The molecule has 0 aliphatic heterocycles. The third kappa shape index (κ3) is 4.89. The smallest absolute Gasteiger partial charge is 0.352 e. The molecule has 0 unspecified atom stereocenters. The fourth-order valence-electron chi connectivity index (χ4n) is 5.51. The Bertz CT molecular complexity index is 1720. The topological polar surface area (TPSA) is 69.3 Å². The van der Waals surface area contributed by atoms with Crippen LogP contribution in [0, 0.1) is 12.7 Å². The predicted octanol–water partition coefficient (Wildman–Crippen LogP) is 7.04. The number of thioether (sulfide) groups is 1. The minimum atomic E-state index is -1.04. The van der Waals surface area contributed by atoms with E-state index < -0.39 is 11.8 Å². The van der Waals surface area contributed by atoms with Crippen LogP contribution in [0.25, 0.3) is 32.8 Å². The van der Waals surface area contributed by atoms with Crippen LogP contribution in [-0.2, 0) is 26.3 Å². The number of benzene rings is 3. The zero-order valence-corrected chi connectivity index (χ0v) is 24.0. The Morgan fingerprint density at radius 2 is 1.90 bits per heavy atom. The second-order valence-corrected chi connectivity index (χ2v) is 11.0. The summed E-state index contributed by atoms with van der Waals surface area (Å²) in [5.41, 5.74) is 4.12. The van der Waals surface area contributed by atoms with E-state index in [0.29, 0.717) is 47.5 Å². The molecule has 0 aliphatic carbocycles. The summed E-state index contributed by atoms with van der Waals surface area (Å²) in [7, 11) is 3.55. The molecule has 0 saturated carbocycles. The van der Waals surface area contributed by atoms with Gasteiger partial charge in [-0.2, -0.15) is 16.9 Å². The van der Waals surface area contributed by atoms with Crippen molar-refractivity contribution in [2.45, 2.75) is 30.4 Å². The van der Waals surface area contributed by atoms with E-state index in [2.05, 4.69) is 17.7 Å². The highest BCUT2D eigenvalue weighted by Gasteiger charge is 2.27. The van der Waals surface area contributed by atoms with Crippen molar-refractivity contribution in [3.8, 4) is 16.9 Å². The van der Waals surface area contributed by atoms with E-state index in [-0.39, 0.29) is 5.69 Å². The van der Waals surface area contributed by atoms with Gasteiger partial charge in [0, 0.05) is 46.6 Å². The normalized spacial score (nSPS) is 11.5. The van der Waals surface area contributed by atoms with Crippen molar-refractivity contribution in [2.75, 3.05) is 12.9 Å². The molecule has 0 bridgehead atoms. The summed E-state index contributed by atoms with van der Waals surface area (Å²) in [6.07, 6.45) is 3.04. The van der Waals surface area contributed by atoms with E-state index >= 15 is 4.39 Å². The third-order valence-electron chi connectivity index (χ3n) is 7.12. The summed E-state index contributed by atoms with van der Waals surface area (Å²) in [5, 5.41) is 17.5. The first-order valence-corrected chi connectivity index (χ1v) is 14.5. The van der Waals surface area contributed by atoms with Crippen LogP contribution in [0.1, 0.15) is 33.9 Å². The van der Waals surface area contributed by atoms with E-state index in [4.69, 9.17) is 4.74 Å². The number of ether oxygens (including phenoxy) is 1. The Morgan fingerprint density at radius 1 is 1.13 bits per heavy atom.